The predicted molar refractivity (Wildman–Crippen MR) is 161 cm³/mol. The van der Waals surface area contributed by atoms with Crippen molar-refractivity contribution in [2.24, 2.45) is 10.9 Å². The molecule has 1 aromatic rings. The minimum absolute atomic E-state index is 0.325. The highest BCUT2D eigenvalue weighted by atomic mass is 16.5. The number of nitrogens with zero attached hydrogens (tertiary/aromatic N) is 1. The summed E-state index contributed by atoms with van der Waals surface area (Å²) >= 11 is 0. The Morgan fingerprint density at radius 2 is 1.35 bits per heavy atom. The SMILES string of the molecule is CCCCCCCCCCCCCCCc1cccc(OC)c1C1C(CCOC)=C(C)N=C(C)C1CC. The molecule has 0 aliphatic carbocycles. The van der Waals surface area contributed by atoms with Gasteiger partial charge in [0.1, 0.15) is 5.75 Å². The van der Waals surface area contributed by atoms with Gasteiger partial charge in [-0.15, -0.1) is 0 Å². The van der Waals surface area contributed by atoms with Crippen LogP contribution in [-0.4, -0.2) is 26.5 Å². The van der Waals surface area contributed by atoms with E-state index in [1.165, 1.54) is 112 Å². The molecule has 37 heavy (non-hydrogen) atoms. The summed E-state index contributed by atoms with van der Waals surface area (Å²) in [5, 5.41) is 0. The van der Waals surface area contributed by atoms with Gasteiger partial charge >= 0.3 is 0 Å². The summed E-state index contributed by atoms with van der Waals surface area (Å²) in [7, 11) is 3.62. The number of benzene rings is 1. The third-order valence-electron chi connectivity index (χ3n) is 8.38. The topological polar surface area (TPSA) is 30.8 Å². The molecule has 0 radical (unpaired) electrons. The molecule has 0 spiro atoms. The van der Waals surface area contributed by atoms with Crippen LogP contribution in [0.25, 0.3) is 0 Å². The summed E-state index contributed by atoms with van der Waals surface area (Å²) in [6, 6.07) is 6.67. The minimum Gasteiger partial charge on any atom is -0.496 e. The highest BCUT2D eigenvalue weighted by Crippen LogP contribution is 2.46. The van der Waals surface area contributed by atoms with Gasteiger partial charge in [-0.3, -0.25) is 4.99 Å². The smallest absolute Gasteiger partial charge is 0.122 e. The Balaban J connectivity index is 1.94. The Labute approximate surface area is 229 Å². The second kappa shape index (κ2) is 18.6. The standard InChI is InChI=1S/C34H57NO2/c1-7-9-10-11-12-13-14-15-16-17-18-19-20-22-29-23-21-24-32(37-6)33(29)34-30(8-2)27(3)35-28(4)31(34)25-26-36-5/h21,23-24,30,34H,7-20,22,25-26H2,1-6H3. The van der Waals surface area contributed by atoms with Crippen LogP contribution in [0.5, 0.6) is 5.75 Å². The molecule has 0 amide bonds. The van der Waals surface area contributed by atoms with E-state index in [9.17, 15) is 0 Å². The van der Waals surface area contributed by atoms with E-state index in [-0.39, 0.29) is 0 Å². The Kier molecular flexibility index (Phi) is 15.9. The number of allylic oxidation sites excluding steroid dienone is 1. The van der Waals surface area contributed by atoms with Crippen LogP contribution in [0.15, 0.2) is 34.5 Å². The fraction of sp³-hybridized carbons (Fsp3) is 0.735. The van der Waals surface area contributed by atoms with Crippen LogP contribution < -0.4 is 4.74 Å². The maximum atomic E-state index is 5.98. The molecule has 0 aromatic heterocycles. The van der Waals surface area contributed by atoms with Crippen LogP contribution in [0.1, 0.15) is 141 Å². The molecule has 1 aliphatic heterocycles. The van der Waals surface area contributed by atoms with Crippen molar-refractivity contribution in [1.29, 1.82) is 0 Å². The predicted octanol–water partition coefficient (Wildman–Crippen LogP) is 10.2. The maximum absolute atomic E-state index is 5.98. The first kappa shape index (κ1) is 31.6. The van der Waals surface area contributed by atoms with Crippen molar-refractivity contribution in [2.75, 3.05) is 20.8 Å². The molecule has 0 fully saturated rings. The summed E-state index contributed by atoms with van der Waals surface area (Å²) in [5.41, 5.74) is 6.71. The summed E-state index contributed by atoms with van der Waals surface area (Å²) in [6.45, 7) is 9.71. The Hall–Kier alpha value is -1.61. The highest BCUT2D eigenvalue weighted by Gasteiger charge is 2.35. The molecule has 1 aromatic carbocycles. The number of hydrogen-bond donors (Lipinski definition) is 0. The second-order valence-corrected chi connectivity index (χ2v) is 11.1. The van der Waals surface area contributed by atoms with Crippen LogP contribution in [0.3, 0.4) is 0 Å². The molecule has 210 valence electrons. The van der Waals surface area contributed by atoms with Gasteiger partial charge in [0.15, 0.2) is 0 Å². The van der Waals surface area contributed by atoms with Crippen LogP contribution >= 0.6 is 0 Å². The lowest BCUT2D eigenvalue weighted by Crippen LogP contribution is -2.27. The van der Waals surface area contributed by atoms with Gasteiger partial charge in [0, 0.05) is 42.5 Å². The van der Waals surface area contributed by atoms with Crippen LogP contribution in [0.2, 0.25) is 0 Å². The lowest BCUT2D eigenvalue weighted by Gasteiger charge is -2.35. The summed E-state index contributed by atoms with van der Waals surface area (Å²) in [5.74, 6) is 1.77. The third kappa shape index (κ3) is 10.2. The van der Waals surface area contributed by atoms with Crippen molar-refractivity contribution >= 4 is 5.71 Å². The lowest BCUT2D eigenvalue weighted by atomic mass is 9.71. The number of methoxy groups -OCH3 is 2. The molecule has 0 bridgehead atoms. The molecule has 2 unspecified atom stereocenters. The Bertz CT molecular complexity index is 825. The molecule has 3 heteroatoms. The van der Waals surface area contributed by atoms with Gasteiger partial charge in [0.25, 0.3) is 0 Å². The van der Waals surface area contributed by atoms with E-state index < -0.39 is 0 Å². The molecule has 3 nitrogen and oxygen atoms in total. The second-order valence-electron chi connectivity index (χ2n) is 11.1. The fourth-order valence-corrected chi connectivity index (χ4v) is 6.25. The number of ether oxygens (including phenoxy) is 2. The van der Waals surface area contributed by atoms with Crippen molar-refractivity contribution in [1.82, 2.24) is 0 Å². The summed E-state index contributed by atoms with van der Waals surface area (Å²) in [4.78, 5) is 4.97. The average Bonchev–Trinajstić information content (AvgIpc) is 2.90. The number of aliphatic imine (C=N–C) groups is 1. The van der Waals surface area contributed by atoms with Gasteiger partial charge in [0.05, 0.1) is 7.11 Å². The molecule has 1 heterocycles. The zero-order valence-electron chi connectivity index (χ0n) is 25.2. The number of unbranched alkanes of at least 4 members (excludes halogenated alkanes) is 12. The number of hydrogen-bond acceptors (Lipinski definition) is 3. The average molecular weight is 512 g/mol. The van der Waals surface area contributed by atoms with Gasteiger partial charge in [-0.2, -0.15) is 0 Å². The van der Waals surface area contributed by atoms with E-state index in [4.69, 9.17) is 14.5 Å². The zero-order chi connectivity index (χ0) is 26.9. The van der Waals surface area contributed by atoms with Crippen molar-refractivity contribution < 1.29 is 9.47 Å². The first-order chi connectivity index (χ1) is 18.1. The van der Waals surface area contributed by atoms with Gasteiger partial charge in [-0.1, -0.05) is 103 Å². The van der Waals surface area contributed by atoms with E-state index in [1.807, 2.05) is 7.11 Å². The molecular weight excluding hydrogens is 454 g/mol. The molecule has 0 saturated carbocycles. The van der Waals surface area contributed by atoms with Crippen molar-refractivity contribution in [3.8, 4) is 5.75 Å². The van der Waals surface area contributed by atoms with Crippen molar-refractivity contribution in [2.45, 2.75) is 136 Å². The lowest BCUT2D eigenvalue weighted by molar-refractivity contribution is 0.199. The summed E-state index contributed by atoms with van der Waals surface area (Å²) in [6.07, 6.45) is 21.2. The first-order valence-electron chi connectivity index (χ1n) is 15.5. The molecule has 1 aliphatic rings. The molecule has 0 saturated heterocycles. The number of rotatable bonds is 20. The van der Waals surface area contributed by atoms with E-state index in [1.54, 1.807) is 7.11 Å². The first-order valence-corrected chi connectivity index (χ1v) is 15.5. The normalized spacial score (nSPS) is 17.8. The third-order valence-corrected chi connectivity index (χ3v) is 8.38. The Morgan fingerprint density at radius 3 is 1.89 bits per heavy atom. The van der Waals surface area contributed by atoms with Crippen LogP contribution in [0.4, 0.5) is 0 Å². The van der Waals surface area contributed by atoms with Crippen molar-refractivity contribution in [3.63, 3.8) is 0 Å². The fourth-order valence-electron chi connectivity index (χ4n) is 6.25. The van der Waals surface area contributed by atoms with E-state index in [0.717, 1.165) is 31.6 Å². The van der Waals surface area contributed by atoms with Gasteiger partial charge < -0.3 is 9.47 Å². The largest absolute Gasteiger partial charge is 0.496 e. The highest BCUT2D eigenvalue weighted by molar-refractivity contribution is 5.88. The number of aryl methyl sites for hydroxylation is 1. The van der Waals surface area contributed by atoms with Gasteiger partial charge in [-0.25, -0.2) is 0 Å². The molecule has 0 N–H and O–H groups in total. The van der Waals surface area contributed by atoms with Gasteiger partial charge in [-0.05, 0) is 56.7 Å². The van der Waals surface area contributed by atoms with E-state index in [2.05, 4.69) is 45.9 Å². The van der Waals surface area contributed by atoms with Gasteiger partial charge in [0.2, 0.25) is 0 Å². The van der Waals surface area contributed by atoms with Crippen molar-refractivity contribution in [3.05, 3.63) is 40.6 Å². The molecule has 2 atom stereocenters. The monoisotopic (exact) mass is 511 g/mol. The summed E-state index contributed by atoms with van der Waals surface area (Å²) < 4.78 is 11.5. The molecule has 2 rings (SSSR count). The maximum Gasteiger partial charge on any atom is 0.122 e. The minimum atomic E-state index is 0.325. The zero-order valence-corrected chi connectivity index (χ0v) is 25.2. The Morgan fingerprint density at radius 1 is 0.757 bits per heavy atom. The molecular formula is C34H57NO2. The van der Waals surface area contributed by atoms with E-state index >= 15 is 0 Å². The quantitative estimate of drug-likeness (QED) is 0.163. The van der Waals surface area contributed by atoms with E-state index in [0.29, 0.717) is 11.8 Å². The van der Waals surface area contributed by atoms with Crippen LogP contribution in [-0.2, 0) is 11.2 Å². The van der Waals surface area contributed by atoms with Crippen LogP contribution in [0, 0.1) is 5.92 Å².